The Morgan fingerprint density at radius 1 is 1.09 bits per heavy atom. The first-order valence-corrected chi connectivity index (χ1v) is 15.6. The van der Waals surface area contributed by atoms with E-state index in [4.69, 9.17) is 4.74 Å². The fraction of sp³-hybridized carbons (Fsp3) is 0.630. The van der Waals surface area contributed by atoms with E-state index in [0.29, 0.717) is 0 Å². The Balaban J connectivity index is 1.46. The Labute approximate surface area is 216 Å². The van der Waals surface area contributed by atoms with Gasteiger partial charge in [-0.1, -0.05) is 36.0 Å². The minimum absolute atomic E-state index is 0.0419. The number of nitrogens with one attached hydrogen (secondary N) is 1. The van der Waals surface area contributed by atoms with Gasteiger partial charge < -0.3 is 19.9 Å². The van der Waals surface area contributed by atoms with Crippen molar-refractivity contribution < 1.29 is 4.74 Å². The van der Waals surface area contributed by atoms with Crippen LogP contribution in [0.15, 0.2) is 35.3 Å². The first-order chi connectivity index (χ1) is 16.2. The van der Waals surface area contributed by atoms with E-state index in [1.165, 1.54) is 61.3 Å². The lowest BCUT2D eigenvalue weighted by atomic mass is 10.00. The number of aryl methyl sites for hydroxylation is 1. The number of likely N-dealkylation sites (N-methyl/N-ethyl adjacent to an activating group) is 1. The average molecular weight is 550 g/mol. The molecule has 34 heavy (non-hydrogen) atoms. The molecule has 188 valence electrons. The Morgan fingerprint density at radius 3 is 2.38 bits per heavy atom. The normalized spacial score (nSPS) is 25.4. The fourth-order valence-corrected chi connectivity index (χ4v) is 7.14. The SMILES string of the molecule is COc1cc(N2CCC(N3CCN(C)CC3)CC2)c(C)cc1NC1=CCC(C)(Br)C=C1P(C)C. The number of nitrogens with zero attached hydrogens (tertiary/aromatic N) is 3. The number of halogens is 1. The molecule has 1 aliphatic carbocycles. The number of alkyl halides is 1. The molecule has 1 aromatic carbocycles. The molecule has 3 aliphatic rings. The molecule has 4 rings (SSSR count). The molecule has 0 saturated carbocycles. The van der Waals surface area contributed by atoms with E-state index in [2.05, 4.69) is 94.5 Å². The lowest BCUT2D eigenvalue weighted by molar-refractivity contribution is 0.0982. The quantitative estimate of drug-likeness (QED) is 0.364. The van der Waals surface area contributed by atoms with Gasteiger partial charge in [-0.2, -0.15) is 0 Å². The second kappa shape index (κ2) is 10.9. The molecule has 1 unspecified atom stereocenters. The molecule has 5 nitrogen and oxygen atoms in total. The molecule has 0 amide bonds. The molecule has 2 saturated heterocycles. The van der Waals surface area contributed by atoms with E-state index in [0.717, 1.165) is 37.0 Å². The summed E-state index contributed by atoms with van der Waals surface area (Å²) in [4.78, 5) is 7.72. The zero-order chi connectivity index (χ0) is 24.5. The molecule has 0 aromatic heterocycles. The number of piperazine rings is 1. The topological polar surface area (TPSA) is 31.0 Å². The lowest BCUT2D eigenvalue weighted by Crippen LogP contribution is -2.52. The van der Waals surface area contributed by atoms with E-state index >= 15 is 0 Å². The predicted octanol–water partition coefficient (Wildman–Crippen LogP) is 5.70. The van der Waals surface area contributed by atoms with Crippen LogP contribution in [0.4, 0.5) is 11.4 Å². The van der Waals surface area contributed by atoms with Crippen LogP contribution >= 0.6 is 23.9 Å². The molecule has 2 fully saturated rings. The van der Waals surface area contributed by atoms with E-state index in [1.807, 2.05) is 0 Å². The largest absolute Gasteiger partial charge is 0.494 e. The zero-order valence-electron chi connectivity index (χ0n) is 21.8. The summed E-state index contributed by atoms with van der Waals surface area (Å²) in [5, 5.41) is 5.14. The summed E-state index contributed by atoms with van der Waals surface area (Å²) in [5.74, 6) is 0.922. The molecule has 7 heteroatoms. The van der Waals surface area contributed by atoms with E-state index in [1.54, 1.807) is 7.11 Å². The highest BCUT2D eigenvalue weighted by atomic mass is 79.9. The van der Waals surface area contributed by atoms with Crippen molar-refractivity contribution in [2.24, 2.45) is 0 Å². The number of hydrogen-bond acceptors (Lipinski definition) is 5. The smallest absolute Gasteiger partial charge is 0.144 e. The van der Waals surface area contributed by atoms with Gasteiger partial charge in [0.2, 0.25) is 0 Å². The van der Waals surface area contributed by atoms with Gasteiger partial charge in [-0.25, -0.2) is 0 Å². The molecular formula is C27H42BrN4OP. The summed E-state index contributed by atoms with van der Waals surface area (Å²) in [6.45, 7) is 16.2. The summed E-state index contributed by atoms with van der Waals surface area (Å²) in [5.41, 5.74) is 4.91. The number of piperidine rings is 1. The number of allylic oxidation sites excluding steroid dienone is 3. The van der Waals surface area contributed by atoms with Crippen LogP contribution in [0.2, 0.25) is 0 Å². The summed E-state index contributed by atoms with van der Waals surface area (Å²) in [7, 11) is 3.80. The van der Waals surface area contributed by atoms with Crippen molar-refractivity contribution in [3.63, 3.8) is 0 Å². The molecule has 1 aromatic rings. The number of benzene rings is 1. The maximum absolute atomic E-state index is 5.88. The Morgan fingerprint density at radius 2 is 1.76 bits per heavy atom. The van der Waals surface area contributed by atoms with Gasteiger partial charge in [-0.05, 0) is 70.4 Å². The van der Waals surface area contributed by atoms with Crippen LogP contribution in [0.5, 0.6) is 5.75 Å². The lowest BCUT2D eigenvalue weighted by Gasteiger charge is -2.43. The highest BCUT2D eigenvalue weighted by molar-refractivity contribution is 9.10. The number of methoxy groups -OCH3 is 1. The third kappa shape index (κ3) is 6.00. The van der Waals surface area contributed by atoms with Gasteiger partial charge in [0.25, 0.3) is 0 Å². The molecule has 1 atom stereocenters. The first kappa shape index (κ1) is 26.0. The van der Waals surface area contributed by atoms with Crippen LogP contribution in [0.1, 0.15) is 31.7 Å². The summed E-state index contributed by atoms with van der Waals surface area (Å²) < 4.78 is 5.93. The van der Waals surface area contributed by atoms with Gasteiger partial charge in [0.15, 0.2) is 0 Å². The number of rotatable bonds is 6. The van der Waals surface area contributed by atoms with Gasteiger partial charge in [0.1, 0.15) is 5.75 Å². The Bertz CT molecular complexity index is 929. The highest BCUT2D eigenvalue weighted by Gasteiger charge is 2.28. The van der Waals surface area contributed by atoms with Crippen molar-refractivity contribution in [1.82, 2.24) is 9.80 Å². The second-order valence-electron chi connectivity index (χ2n) is 10.5. The molecule has 0 bridgehead atoms. The van der Waals surface area contributed by atoms with Gasteiger partial charge >= 0.3 is 0 Å². The summed E-state index contributed by atoms with van der Waals surface area (Å²) in [6, 6.07) is 5.25. The Kier molecular flexibility index (Phi) is 8.34. The molecule has 0 spiro atoms. The fourth-order valence-electron chi connectivity index (χ4n) is 5.40. The minimum atomic E-state index is -0.219. The molecule has 0 radical (unpaired) electrons. The first-order valence-electron chi connectivity index (χ1n) is 12.6. The van der Waals surface area contributed by atoms with E-state index < -0.39 is 0 Å². The maximum Gasteiger partial charge on any atom is 0.144 e. The van der Waals surface area contributed by atoms with Crippen molar-refractivity contribution in [3.05, 3.63) is 40.9 Å². The van der Waals surface area contributed by atoms with Crippen molar-refractivity contribution >= 4 is 35.2 Å². The van der Waals surface area contributed by atoms with Crippen molar-refractivity contribution in [2.75, 3.05) is 77.0 Å². The molecule has 2 aliphatic heterocycles. The Hall–Kier alpha value is -1.07. The van der Waals surface area contributed by atoms with Crippen molar-refractivity contribution in [1.29, 1.82) is 0 Å². The number of ether oxygens (including phenoxy) is 1. The number of anilines is 2. The van der Waals surface area contributed by atoms with Gasteiger partial charge in [0, 0.05) is 67.1 Å². The van der Waals surface area contributed by atoms with Crippen LogP contribution in [0.25, 0.3) is 0 Å². The van der Waals surface area contributed by atoms with E-state index in [-0.39, 0.29) is 12.2 Å². The summed E-state index contributed by atoms with van der Waals surface area (Å²) >= 11 is 3.87. The minimum Gasteiger partial charge on any atom is -0.494 e. The predicted molar refractivity (Wildman–Crippen MR) is 153 cm³/mol. The van der Waals surface area contributed by atoms with Crippen LogP contribution in [0, 0.1) is 6.92 Å². The third-order valence-corrected chi connectivity index (χ3v) is 9.43. The van der Waals surface area contributed by atoms with Crippen molar-refractivity contribution in [3.8, 4) is 5.75 Å². The van der Waals surface area contributed by atoms with Crippen LogP contribution in [0.3, 0.4) is 0 Å². The second-order valence-corrected chi connectivity index (χ2v) is 14.6. The molecule has 1 N–H and O–H groups in total. The standard InChI is InChI=1S/C27H42BrN4OP/c1-20-17-23(29-22-7-10-27(2,28)19-26(22)34(5)6)25(33-4)18-24(20)32-11-8-21(9-12-32)31-15-13-30(3)14-16-31/h7,17-19,21,29H,8-16H2,1-6H3. The van der Waals surface area contributed by atoms with Crippen LogP contribution in [-0.4, -0.2) is 86.9 Å². The van der Waals surface area contributed by atoms with Gasteiger partial charge in [-0.15, -0.1) is 0 Å². The van der Waals surface area contributed by atoms with Crippen LogP contribution in [-0.2, 0) is 0 Å². The van der Waals surface area contributed by atoms with E-state index in [9.17, 15) is 0 Å². The number of hydrogen-bond donors (Lipinski definition) is 1. The monoisotopic (exact) mass is 548 g/mol. The molecule has 2 heterocycles. The molecular weight excluding hydrogens is 507 g/mol. The van der Waals surface area contributed by atoms with Gasteiger partial charge in [0.05, 0.1) is 12.8 Å². The average Bonchev–Trinajstić information content (AvgIpc) is 2.81. The zero-order valence-corrected chi connectivity index (χ0v) is 24.3. The maximum atomic E-state index is 5.88. The summed E-state index contributed by atoms with van der Waals surface area (Å²) in [6.07, 6.45) is 8.18. The van der Waals surface area contributed by atoms with Gasteiger partial charge in [-0.3, -0.25) is 4.90 Å². The third-order valence-electron chi connectivity index (χ3n) is 7.55. The van der Waals surface area contributed by atoms with Crippen molar-refractivity contribution in [2.45, 2.75) is 43.5 Å². The highest BCUT2D eigenvalue weighted by Crippen LogP contribution is 2.48. The van der Waals surface area contributed by atoms with Crippen LogP contribution < -0.4 is 15.0 Å².